The molecule has 0 radical (unpaired) electrons. The van der Waals surface area contributed by atoms with Gasteiger partial charge < -0.3 is 5.32 Å². The Morgan fingerprint density at radius 3 is 2.12 bits per heavy atom. The van der Waals surface area contributed by atoms with Gasteiger partial charge in [0.2, 0.25) is 0 Å². The van der Waals surface area contributed by atoms with Gasteiger partial charge in [0.25, 0.3) is 0 Å². The average molecular weight is 240 g/mol. The van der Waals surface area contributed by atoms with Crippen LogP contribution in [0.2, 0.25) is 0 Å². The molecule has 90 valence electrons. The van der Waals surface area contributed by atoms with Crippen molar-refractivity contribution in [3.05, 3.63) is 0 Å². The van der Waals surface area contributed by atoms with Crippen LogP contribution in [-0.4, -0.2) is 12.1 Å². The Kier molecular flexibility index (Phi) is 1.79. The van der Waals surface area contributed by atoms with Crippen LogP contribution in [0.15, 0.2) is 0 Å². The Balaban J connectivity index is 0.000000722. The van der Waals surface area contributed by atoms with Crippen molar-refractivity contribution >= 4 is 12.4 Å². The van der Waals surface area contributed by atoms with Crippen molar-refractivity contribution in [2.45, 2.75) is 38.8 Å². The second-order valence-corrected chi connectivity index (χ2v) is 7.28. The molecule has 16 heavy (non-hydrogen) atoms. The smallest absolute Gasteiger partial charge is 0.0137 e. The van der Waals surface area contributed by atoms with Gasteiger partial charge in [-0.05, 0) is 60.2 Å². The molecule has 2 bridgehead atoms. The Bertz CT molecular complexity index is 336. The van der Waals surface area contributed by atoms with Crippen LogP contribution in [0.4, 0.5) is 0 Å². The molecule has 1 N–H and O–H groups in total. The molecule has 1 nitrogen and oxygen atoms in total. The minimum absolute atomic E-state index is 0. The Morgan fingerprint density at radius 2 is 1.44 bits per heavy atom. The highest BCUT2D eigenvalue weighted by molar-refractivity contribution is 5.85. The van der Waals surface area contributed by atoms with Gasteiger partial charge in [0, 0.05) is 12.1 Å². The van der Waals surface area contributed by atoms with E-state index in [2.05, 4.69) is 19.2 Å². The number of hydrogen-bond acceptors (Lipinski definition) is 1. The summed E-state index contributed by atoms with van der Waals surface area (Å²) in [6.45, 7) is 4.66. The highest BCUT2D eigenvalue weighted by atomic mass is 35.5. The van der Waals surface area contributed by atoms with Crippen LogP contribution in [0.1, 0.15) is 26.7 Å². The lowest BCUT2D eigenvalue weighted by atomic mass is 9.59. The van der Waals surface area contributed by atoms with Gasteiger partial charge in [0.1, 0.15) is 0 Å². The van der Waals surface area contributed by atoms with Gasteiger partial charge in [-0.1, -0.05) is 13.8 Å². The molecule has 5 aliphatic rings. The molecule has 9 unspecified atom stereocenters. The molecular formula is C14H22ClN. The maximum Gasteiger partial charge on any atom is 0.0137 e. The number of nitrogens with one attached hydrogen (secondary N) is 1. The van der Waals surface area contributed by atoms with Crippen molar-refractivity contribution in [1.82, 2.24) is 5.32 Å². The Morgan fingerprint density at radius 1 is 0.812 bits per heavy atom. The highest BCUT2D eigenvalue weighted by Gasteiger charge is 2.80. The molecule has 0 saturated heterocycles. The molecule has 0 aromatic heterocycles. The number of halogens is 1. The average Bonchev–Trinajstić information content (AvgIpc) is 2.62. The fourth-order valence-corrected chi connectivity index (χ4v) is 7.08. The molecular weight excluding hydrogens is 218 g/mol. The first-order chi connectivity index (χ1) is 7.27. The van der Waals surface area contributed by atoms with Gasteiger partial charge in [-0.15, -0.1) is 12.4 Å². The summed E-state index contributed by atoms with van der Waals surface area (Å²) >= 11 is 0. The number of hydrogen-bond donors (Lipinski definition) is 1. The van der Waals surface area contributed by atoms with E-state index in [-0.39, 0.29) is 12.4 Å². The predicted molar refractivity (Wildman–Crippen MR) is 66.5 cm³/mol. The second kappa shape index (κ2) is 2.80. The molecule has 0 aromatic carbocycles. The van der Waals surface area contributed by atoms with Crippen LogP contribution in [-0.2, 0) is 0 Å². The van der Waals surface area contributed by atoms with Crippen LogP contribution >= 0.6 is 12.4 Å². The van der Waals surface area contributed by atoms with Crippen LogP contribution < -0.4 is 5.32 Å². The number of fused-ring (bicyclic) bond motifs is 2. The monoisotopic (exact) mass is 239 g/mol. The maximum absolute atomic E-state index is 3.92. The third kappa shape index (κ3) is 0.791. The topological polar surface area (TPSA) is 12.0 Å². The molecule has 9 atom stereocenters. The zero-order valence-electron chi connectivity index (χ0n) is 10.1. The van der Waals surface area contributed by atoms with Crippen LogP contribution in [0.3, 0.4) is 0 Å². The second-order valence-electron chi connectivity index (χ2n) is 7.28. The molecule has 0 aliphatic heterocycles. The predicted octanol–water partition coefficient (Wildman–Crippen LogP) is 2.55. The molecule has 5 aliphatic carbocycles. The molecule has 0 spiro atoms. The minimum Gasteiger partial charge on any atom is -0.311 e. The van der Waals surface area contributed by atoms with E-state index in [1.807, 2.05) is 0 Å². The molecule has 5 fully saturated rings. The standard InChI is InChI=1S/C14H21N.ClH/c1-5(2)15-14-11-7-4-8-10-6(7)3-9(11)12(10)13(8)14;/h5-15H,3-4H2,1-2H3;1H. The first kappa shape index (κ1) is 10.2. The van der Waals surface area contributed by atoms with Crippen LogP contribution in [0.25, 0.3) is 0 Å². The normalized spacial score (nSPS) is 66.6. The van der Waals surface area contributed by atoms with Gasteiger partial charge in [0.05, 0.1) is 0 Å². The molecule has 0 aromatic rings. The summed E-state index contributed by atoms with van der Waals surface area (Å²) in [6, 6.07) is 1.64. The Hall–Kier alpha value is 0.250. The van der Waals surface area contributed by atoms with E-state index in [4.69, 9.17) is 0 Å². The maximum atomic E-state index is 3.92. The summed E-state index contributed by atoms with van der Waals surface area (Å²) < 4.78 is 0. The molecule has 0 heterocycles. The number of rotatable bonds is 2. The lowest BCUT2D eigenvalue weighted by Crippen LogP contribution is -2.52. The third-order valence-corrected chi connectivity index (χ3v) is 6.85. The van der Waals surface area contributed by atoms with Gasteiger partial charge >= 0.3 is 0 Å². The third-order valence-electron chi connectivity index (χ3n) is 6.85. The summed E-state index contributed by atoms with van der Waals surface area (Å²) in [5.74, 6) is 9.36. The van der Waals surface area contributed by atoms with Crippen molar-refractivity contribution in [2.75, 3.05) is 0 Å². The van der Waals surface area contributed by atoms with E-state index < -0.39 is 0 Å². The lowest BCUT2D eigenvalue weighted by molar-refractivity contribution is 0.00824. The van der Waals surface area contributed by atoms with Crippen molar-refractivity contribution in [1.29, 1.82) is 0 Å². The van der Waals surface area contributed by atoms with Gasteiger partial charge in [-0.2, -0.15) is 0 Å². The van der Waals surface area contributed by atoms with Crippen molar-refractivity contribution in [2.24, 2.45) is 47.3 Å². The quantitative estimate of drug-likeness (QED) is 0.781. The van der Waals surface area contributed by atoms with E-state index in [9.17, 15) is 0 Å². The SMILES string of the molecule is CC(C)NC1C2C3CC4C5C3CC2C5C41.Cl. The summed E-state index contributed by atoms with van der Waals surface area (Å²) in [5.41, 5.74) is 0. The first-order valence-corrected chi connectivity index (χ1v) is 7.03. The van der Waals surface area contributed by atoms with Crippen molar-refractivity contribution in [3.63, 3.8) is 0 Å². The molecule has 0 amide bonds. The van der Waals surface area contributed by atoms with E-state index in [1.165, 1.54) is 29.6 Å². The summed E-state index contributed by atoms with van der Waals surface area (Å²) in [6.07, 6.45) is 3.27. The van der Waals surface area contributed by atoms with Crippen LogP contribution in [0, 0.1) is 47.3 Å². The largest absolute Gasteiger partial charge is 0.311 e. The van der Waals surface area contributed by atoms with Crippen molar-refractivity contribution < 1.29 is 0 Å². The van der Waals surface area contributed by atoms with Crippen LogP contribution in [0.5, 0.6) is 0 Å². The van der Waals surface area contributed by atoms with E-state index in [0.29, 0.717) is 6.04 Å². The fraction of sp³-hybridized carbons (Fsp3) is 1.00. The zero-order chi connectivity index (χ0) is 9.89. The van der Waals surface area contributed by atoms with E-state index in [0.717, 1.165) is 23.8 Å². The van der Waals surface area contributed by atoms with Gasteiger partial charge in [-0.3, -0.25) is 0 Å². The lowest BCUT2D eigenvalue weighted by Gasteiger charge is -2.48. The van der Waals surface area contributed by atoms with E-state index in [1.54, 1.807) is 12.8 Å². The minimum atomic E-state index is 0. The molecule has 2 heteroatoms. The van der Waals surface area contributed by atoms with Gasteiger partial charge in [0.15, 0.2) is 0 Å². The zero-order valence-corrected chi connectivity index (χ0v) is 10.9. The molecule has 5 rings (SSSR count). The van der Waals surface area contributed by atoms with Gasteiger partial charge in [-0.25, -0.2) is 0 Å². The summed E-state index contributed by atoms with van der Waals surface area (Å²) in [5, 5.41) is 3.92. The first-order valence-electron chi connectivity index (χ1n) is 7.03. The molecule has 5 saturated carbocycles. The summed E-state index contributed by atoms with van der Waals surface area (Å²) in [4.78, 5) is 0. The van der Waals surface area contributed by atoms with Crippen molar-refractivity contribution in [3.8, 4) is 0 Å². The Labute approximate surface area is 104 Å². The van der Waals surface area contributed by atoms with E-state index >= 15 is 0 Å². The summed E-state index contributed by atoms with van der Waals surface area (Å²) in [7, 11) is 0. The highest BCUT2D eigenvalue weighted by Crippen LogP contribution is 2.82. The fourth-order valence-electron chi connectivity index (χ4n) is 7.08.